The highest BCUT2D eigenvalue weighted by Gasteiger charge is 2.46. The second-order valence-corrected chi connectivity index (χ2v) is 9.91. The summed E-state index contributed by atoms with van der Waals surface area (Å²) < 4.78 is 27.1. The van der Waals surface area contributed by atoms with Crippen molar-refractivity contribution in [2.45, 2.75) is 50.9 Å². The van der Waals surface area contributed by atoms with Crippen LogP contribution in [-0.4, -0.2) is 84.7 Å². The van der Waals surface area contributed by atoms with Crippen LogP contribution < -0.4 is 0 Å². The van der Waals surface area contributed by atoms with Crippen LogP contribution in [0, 0.1) is 11.8 Å². The molecule has 1 N–H and O–H groups in total. The minimum Gasteiger partial charge on any atom is -0.480 e. The number of carboxylic acids is 1. The molecule has 9 heteroatoms. The fraction of sp³-hybridized carbons (Fsp3) is 0.882. The van der Waals surface area contributed by atoms with Crippen LogP contribution >= 0.6 is 0 Å². The van der Waals surface area contributed by atoms with Gasteiger partial charge >= 0.3 is 5.97 Å². The molecule has 2 rings (SSSR count). The molecule has 26 heavy (non-hydrogen) atoms. The first-order valence-electron chi connectivity index (χ1n) is 9.26. The van der Waals surface area contributed by atoms with Crippen LogP contribution in [0.2, 0.25) is 0 Å². The summed E-state index contributed by atoms with van der Waals surface area (Å²) in [7, 11) is -0.150. The lowest BCUT2D eigenvalue weighted by Crippen LogP contribution is -2.61. The standard InChI is InChI=1S/C17H31N3O5S/c1-12(2)15(17(22)23)19(4)16(21)13-10-20(11-13)26(24,25)14-8-6-5-7-9-18(14)3/h12-15H,5-11H2,1-4H3,(H,22,23)/t14-,15+/m1/s1. The summed E-state index contributed by atoms with van der Waals surface area (Å²) in [4.78, 5) is 27.1. The second kappa shape index (κ2) is 8.22. The van der Waals surface area contributed by atoms with Gasteiger partial charge in [-0.05, 0) is 32.4 Å². The number of carboxylic acid groups (broad SMARTS) is 1. The SMILES string of the molecule is CC(C)[C@@H](C(=O)O)N(C)C(=O)C1CN(S(=O)(=O)[C@@H]2CCCCCN2C)C1. The largest absolute Gasteiger partial charge is 0.480 e. The Labute approximate surface area is 156 Å². The average Bonchev–Trinajstić information content (AvgIpc) is 2.69. The summed E-state index contributed by atoms with van der Waals surface area (Å²) in [5.74, 6) is -2.03. The molecule has 0 aromatic carbocycles. The normalized spacial score (nSPS) is 24.7. The Bertz CT molecular complexity index is 630. The smallest absolute Gasteiger partial charge is 0.326 e. The number of aliphatic carboxylic acids is 1. The lowest BCUT2D eigenvalue weighted by atomic mass is 9.97. The van der Waals surface area contributed by atoms with E-state index in [9.17, 15) is 23.1 Å². The zero-order valence-electron chi connectivity index (χ0n) is 16.1. The summed E-state index contributed by atoms with van der Waals surface area (Å²) in [6.07, 6.45) is 3.54. The maximum atomic E-state index is 12.9. The zero-order chi connectivity index (χ0) is 19.6. The van der Waals surface area contributed by atoms with Gasteiger partial charge in [0.2, 0.25) is 15.9 Å². The monoisotopic (exact) mass is 389 g/mol. The molecule has 1 amide bonds. The second-order valence-electron chi connectivity index (χ2n) is 7.82. The highest BCUT2D eigenvalue weighted by molar-refractivity contribution is 7.89. The summed E-state index contributed by atoms with van der Waals surface area (Å²) in [5, 5.41) is 8.81. The van der Waals surface area contributed by atoms with Crippen molar-refractivity contribution in [2.24, 2.45) is 11.8 Å². The Balaban J connectivity index is 2.00. The van der Waals surface area contributed by atoms with Crippen LogP contribution in [0.1, 0.15) is 39.5 Å². The zero-order valence-corrected chi connectivity index (χ0v) is 16.9. The maximum Gasteiger partial charge on any atom is 0.326 e. The van der Waals surface area contributed by atoms with Gasteiger partial charge in [-0.1, -0.05) is 26.7 Å². The van der Waals surface area contributed by atoms with Crippen LogP contribution in [-0.2, 0) is 19.6 Å². The van der Waals surface area contributed by atoms with Gasteiger partial charge in [-0.15, -0.1) is 0 Å². The van der Waals surface area contributed by atoms with Gasteiger partial charge in [0.05, 0.1) is 5.92 Å². The predicted molar refractivity (Wildman–Crippen MR) is 97.9 cm³/mol. The third-order valence-corrected chi connectivity index (χ3v) is 7.81. The predicted octanol–water partition coefficient (Wildman–Crippen LogP) is 0.648. The number of nitrogens with zero attached hydrogens (tertiary/aromatic N) is 3. The van der Waals surface area contributed by atoms with E-state index in [1.807, 2.05) is 11.9 Å². The molecule has 8 nitrogen and oxygen atoms in total. The van der Waals surface area contributed by atoms with Crippen molar-refractivity contribution in [2.75, 3.05) is 33.7 Å². The fourth-order valence-electron chi connectivity index (χ4n) is 3.89. The van der Waals surface area contributed by atoms with Gasteiger partial charge in [0.15, 0.2) is 0 Å². The number of likely N-dealkylation sites (tertiary alicyclic amines) is 1. The Hall–Kier alpha value is -1.19. The minimum atomic E-state index is -3.47. The third kappa shape index (κ3) is 4.20. The number of sulfonamides is 1. The molecule has 0 aromatic rings. The Morgan fingerprint density at radius 2 is 1.77 bits per heavy atom. The number of hydrogen-bond acceptors (Lipinski definition) is 5. The van der Waals surface area contributed by atoms with Gasteiger partial charge in [-0.3, -0.25) is 9.69 Å². The number of likely N-dealkylation sites (N-methyl/N-ethyl adjacent to an activating group) is 1. The van der Waals surface area contributed by atoms with E-state index in [4.69, 9.17) is 0 Å². The van der Waals surface area contributed by atoms with Crippen LogP contribution in [0.15, 0.2) is 0 Å². The van der Waals surface area contributed by atoms with E-state index in [0.29, 0.717) is 6.42 Å². The van der Waals surface area contributed by atoms with E-state index < -0.39 is 33.3 Å². The molecule has 2 aliphatic heterocycles. The van der Waals surface area contributed by atoms with Gasteiger partial charge < -0.3 is 10.0 Å². The molecule has 0 aliphatic carbocycles. The minimum absolute atomic E-state index is 0.139. The van der Waals surface area contributed by atoms with E-state index in [-0.39, 0.29) is 24.9 Å². The van der Waals surface area contributed by atoms with Crippen LogP contribution in [0.4, 0.5) is 0 Å². The van der Waals surface area contributed by atoms with Crippen molar-refractivity contribution in [1.82, 2.24) is 14.1 Å². The van der Waals surface area contributed by atoms with E-state index in [1.54, 1.807) is 13.8 Å². The fourth-order valence-corrected chi connectivity index (χ4v) is 6.04. The molecule has 0 aromatic heterocycles. The van der Waals surface area contributed by atoms with Crippen LogP contribution in [0.25, 0.3) is 0 Å². The van der Waals surface area contributed by atoms with E-state index in [1.165, 1.54) is 16.3 Å². The van der Waals surface area contributed by atoms with Gasteiger partial charge in [-0.25, -0.2) is 13.2 Å². The first-order valence-corrected chi connectivity index (χ1v) is 10.8. The van der Waals surface area contributed by atoms with Crippen molar-refractivity contribution in [3.8, 4) is 0 Å². The van der Waals surface area contributed by atoms with E-state index in [0.717, 1.165) is 25.8 Å². The summed E-state index contributed by atoms with van der Waals surface area (Å²) in [6.45, 7) is 4.54. The molecule has 2 heterocycles. The molecule has 0 radical (unpaired) electrons. The number of carbonyl (C=O) groups excluding carboxylic acids is 1. The Morgan fingerprint density at radius 3 is 2.31 bits per heavy atom. The van der Waals surface area contributed by atoms with Crippen LogP contribution in [0.5, 0.6) is 0 Å². The molecule has 150 valence electrons. The first kappa shape index (κ1) is 21.1. The van der Waals surface area contributed by atoms with Crippen molar-refractivity contribution in [3.63, 3.8) is 0 Å². The molecule has 2 atom stereocenters. The molecular weight excluding hydrogens is 358 g/mol. The molecule has 0 unspecified atom stereocenters. The lowest BCUT2D eigenvalue weighted by Gasteiger charge is -2.42. The van der Waals surface area contributed by atoms with E-state index >= 15 is 0 Å². The molecule has 0 saturated carbocycles. The quantitative estimate of drug-likeness (QED) is 0.716. The summed E-state index contributed by atoms with van der Waals surface area (Å²) >= 11 is 0. The van der Waals surface area contributed by atoms with Gasteiger partial charge in [0, 0.05) is 20.1 Å². The van der Waals surface area contributed by atoms with Crippen molar-refractivity contribution < 1.29 is 23.1 Å². The molecule has 0 bridgehead atoms. The molecular formula is C17H31N3O5S. The lowest BCUT2D eigenvalue weighted by molar-refractivity contribution is -0.154. The summed E-state index contributed by atoms with van der Waals surface area (Å²) in [5.41, 5.74) is 0. The Kier molecular flexibility index (Phi) is 6.68. The van der Waals surface area contributed by atoms with E-state index in [2.05, 4.69) is 0 Å². The number of carbonyl (C=O) groups is 2. The number of amides is 1. The third-order valence-electron chi connectivity index (χ3n) is 5.50. The molecule has 0 spiro atoms. The average molecular weight is 390 g/mol. The van der Waals surface area contributed by atoms with Gasteiger partial charge in [0.25, 0.3) is 0 Å². The number of hydrogen-bond donors (Lipinski definition) is 1. The maximum absolute atomic E-state index is 12.9. The van der Waals surface area contributed by atoms with Gasteiger partial charge in [-0.2, -0.15) is 4.31 Å². The highest BCUT2D eigenvalue weighted by atomic mass is 32.2. The van der Waals surface area contributed by atoms with Crippen molar-refractivity contribution >= 4 is 21.9 Å². The molecule has 2 aliphatic rings. The van der Waals surface area contributed by atoms with Crippen molar-refractivity contribution in [3.05, 3.63) is 0 Å². The molecule has 2 fully saturated rings. The highest BCUT2D eigenvalue weighted by Crippen LogP contribution is 2.29. The Morgan fingerprint density at radius 1 is 1.15 bits per heavy atom. The number of rotatable bonds is 6. The summed E-state index contributed by atoms with van der Waals surface area (Å²) in [6, 6.07) is -0.902. The topological polar surface area (TPSA) is 98.2 Å². The van der Waals surface area contributed by atoms with Crippen LogP contribution in [0.3, 0.4) is 0 Å². The van der Waals surface area contributed by atoms with Crippen molar-refractivity contribution in [1.29, 1.82) is 0 Å². The first-order chi connectivity index (χ1) is 12.1. The molecule has 2 saturated heterocycles. The van der Waals surface area contributed by atoms with Gasteiger partial charge in [0.1, 0.15) is 11.4 Å².